The minimum absolute atomic E-state index is 0. The maximum absolute atomic E-state index is 8.48. The van der Waals surface area contributed by atoms with Crippen molar-refractivity contribution in [1.29, 1.82) is 0 Å². The zero-order valence-electron chi connectivity index (χ0n) is 5.44. The Labute approximate surface area is 90.1 Å². The molecule has 0 aliphatic rings. The van der Waals surface area contributed by atoms with Crippen molar-refractivity contribution in [1.82, 2.24) is 0 Å². The SMILES string of the molecule is C.C.C.C.C.O.O=P[O-].O=[P+]([O-])[O-].[H+].[H+].[HH].[HH]. The van der Waals surface area contributed by atoms with Crippen LogP contribution >= 0.6 is 16.9 Å². The highest BCUT2D eigenvalue weighted by atomic mass is 31.1. The molecule has 0 aliphatic carbocycles. The second-order valence-corrected chi connectivity index (χ2v) is 0.894. The molecule has 94 valence electrons. The lowest BCUT2D eigenvalue weighted by Gasteiger charge is -1.75. The Morgan fingerprint density at radius 1 is 1.08 bits per heavy atom. The maximum Gasteiger partial charge on any atom is 1.00 e. The van der Waals surface area contributed by atoms with Gasteiger partial charge in [-0.1, -0.05) is 41.7 Å². The van der Waals surface area contributed by atoms with Crippen LogP contribution in [-0.4, -0.2) is 5.48 Å². The Kier molecular flexibility index (Phi) is 515. The summed E-state index contributed by atoms with van der Waals surface area (Å²) >= 11 is 0. The highest BCUT2D eigenvalue weighted by Gasteiger charge is 1.53. The predicted octanol–water partition coefficient (Wildman–Crippen LogP) is 0.991. The van der Waals surface area contributed by atoms with Gasteiger partial charge in [-0.3, -0.25) is 4.57 Å². The van der Waals surface area contributed by atoms with Crippen LogP contribution in [0.25, 0.3) is 0 Å². The molecule has 0 unspecified atom stereocenters. The van der Waals surface area contributed by atoms with E-state index in [1.165, 1.54) is 0 Å². The first-order chi connectivity index (χ1) is 3.15. The van der Waals surface area contributed by atoms with E-state index in [0.717, 1.165) is 0 Å². The van der Waals surface area contributed by atoms with Crippen LogP contribution in [0.15, 0.2) is 0 Å². The number of rotatable bonds is 0. The van der Waals surface area contributed by atoms with Crippen molar-refractivity contribution in [2.24, 2.45) is 0 Å². The summed E-state index contributed by atoms with van der Waals surface area (Å²) < 4.78 is 16.8. The predicted molar refractivity (Wildman–Crippen MR) is 58.9 cm³/mol. The molecule has 8 heteroatoms. The Morgan fingerprint density at radius 3 is 1.08 bits per heavy atom. The molecule has 0 aromatic heterocycles. The summed E-state index contributed by atoms with van der Waals surface area (Å²) in [5.41, 5.74) is 0. The standard InChI is InChI=1S/5CH4.HO3P.HO2P.H2O.2H2/c;;;;;1-4(2)3;1-3-2;;;/h5*1H4;(H,1,2,3);(H,1,2);1H2;2*1H. The first-order valence-electron chi connectivity index (χ1n) is 0.913. The molecular weight excluding hydrogens is 218 g/mol. The van der Waals surface area contributed by atoms with E-state index in [4.69, 9.17) is 23.8 Å². The van der Waals surface area contributed by atoms with Crippen molar-refractivity contribution in [2.45, 2.75) is 37.1 Å². The molecule has 0 heterocycles. The molecule has 0 spiro atoms. The lowest BCUT2D eigenvalue weighted by atomic mass is 12.0. The van der Waals surface area contributed by atoms with Gasteiger partial charge in [0.15, 0.2) is 0 Å². The van der Waals surface area contributed by atoms with Crippen LogP contribution in [0, 0.1) is 0 Å². The molecule has 0 radical (unpaired) electrons. The minimum atomic E-state index is -3.37. The van der Waals surface area contributed by atoms with E-state index in [1.54, 1.807) is 0 Å². The Morgan fingerprint density at radius 2 is 1.08 bits per heavy atom. The molecule has 0 amide bonds. The van der Waals surface area contributed by atoms with Gasteiger partial charge in [0, 0.05) is 2.85 Å². The van der Waals surface area contributed by atoms with Crippen molar-refractivity contribution in [3.63, 3.8) is 0 Å². The second-order valence-electron chi connectivity index (χ2n) is 0.298. The summed E-state index contributed by atoms with van der Waals surface area (Å²) in [5, 5.41) is 0. The monoisotopic (exact) mass is 246 g/mol. The molecule has 0 aliphatic heterocycles. The minimum Gasteiger partial charge on any atom is -0.772 e. The van der Waals surface area contributed by atoms with Gasteiger partial charge in [0.25, 0.3) is 8.25 Å². The van der Waals surface area contributed by atoms with Gasteiger partial charge in [0.1, 0.15) is 0 Å². The average molecular weight is 246 g/mol. The Balaban J connectivity index is -0.00000000187. The number of hydrogen-bond acceptors (Lipinski definition) is 5. The van der Waals surface area contributed by atoms with Crippen LogP contribution in [0.5, 0.6) is 0 Å². The Bertz CT molecular complexity index is 79.4. The summed E-state index contributed by atoms with van der Waals surface area (Å²) in [7, 11) is -4.45. The van der Waals surface area contributed by atoms with E-state index in [1.807, 2.05) is 0 Å². The summed E-state index contributed by atoms with van der Waals surface area (Å²) in [4.78, 5) is 25.3. The van der Waals surface area contributed by atoms with Crippen molar-refractivity contribution in [2.75, 3.05) is 0 Å². The molecule has 0 aromatic carbocycles. The molecule has 0 atom stereocenters. The van der Waals surface area contributed by atoms with Gasteiger partial charge in [-0.15, -0.1) is 0 Å². The van der Waals surface area contributed by atoms with E-state index in [0.29, 0.717) is 0 Å². The van der Waals surface area contributed by atoms with Gasteiger partial charge in [-0.05, 0) is 0 Å². The zero-order chi connectivity index (χ0) is 6.28. The smallest absolute Gasteiger partial charge is 0.772 e. The fourth-order valence-corrected chi connectivity index (χ4v) is 0. The van der Waals surface area contributed by atoms with Crippen LogP contribution in [-0.2, 0) is 9.13 Å². The molecule has 0 saturated heterocycles. The van der Waals surface area contributed by atoms with Crippen molar-refractivity contribution < 1.29 is 35.0 Å². The average Bonchev–Trinajstić information content (AvgIpc) is 1.33. The van der Waals surface area contributed by atoms with Gasteiger partial charge in [0.05, 0.1) is 8.69 Å². The zero-order valence-corrected chi connectivity index (χ0v) is 5.22. The van der Waals surface area contributed by atoms with Crippen LogP contribution < -0.4 is 14.7 Å². The van der Waals surface area contributed by atoms with E-state index in [9.17, 15) is 0 Å². The highest BCUT2D eigenvalue weighted by Crippen LogP contribution is 1.79. The van der Waals surface area contributed by atoms with Gasteiger partial charge < -0.3 is 20.2 Å². The first-order valence-corrected chi connectivity index (χ1v) is 2.74. The molecule has 2 N–H and O–H groups in total. The summed E-state index contributed by atoms with van der Waals surface area (Å²) in [6.07, 6.45) is 0. The van der Waals surface area contributed by atoms with E-state index < -0.39 is 16.9 Å². The topological polar surface area (TPSA) is 135 Å². The third-order valence-corrected chi connectivity index (χ3v) is 0. The molecule has 6 nitrogen and oxygen atoms in total. The summed E-state index contributed by atoms with van der Waals surface area (Å²) in [6, 6.07) is 0. The van der Waals surface area contributed by atoms with Crippen molar-refractivity contribution in [3.05, 3.63) is 0 Å². The van der Waals surface area contributed by atoms with E-state index in [2.05, 4.69) is 0 Å². The van der Waals surface area contributed by atoms with Gasteiger partial charge in [0.2, 0.25) is 0 Å². The molecule has 0 fully saturated rings. The van der Waals surface area contributed by atoms with Crippen LogP contribution in [0.4, 0.5) is 0 Å². The van der Waals surface area contributed by atoms with Crippen LogP contribution in [0.2, 0.25) is 0 Å². The second kappa shape index (κ2) is 89.9. The summed E-state index contributed by atoms with van der Waals surface area (Å²) in [6.45, 7) is 0. The molecule has 0 bridgehead atoms. The first kappa shape index (κ1) is 74.4. The molecular formula is C5H28O6P2. The third-order valence-electron chi connectivity index (χ3n) is 0. The molecule has 0 aromatic rings. The van der Waals surface area contributed by atoms with Crippen molar-refractivity contribution >= 4 is 16.9 Å². The molecule has 13 heavy (non-hydrogen) atoms. The van der Waals surface area contributed by atoms with E-state index >= 15 is 0 Å². The summed E-state index contributed by atoms with van der Waals surface area (Å²) in [5.74, 6) is 0. The quantitative estimate of drug-likeness (QED) is 0.587. The van der Waals surface area contributed by atoms with E-state index in [-0.39, 0.29) is 48.3 Å². The van der Waals surface area contributed by atoms with Crippen LogP contribution in [0.1, 0.15) is 42.8 Å². The normalized spacial score (nSPS) is 3.62. The van der Waals surface area contributed by atoms with Crippen LogP contribution in [0.3, 0.4) is 0 Å². The van der Waals surface area contributed by atoms with Crippen molar-refractivity contribution in [3.8, 4) is 0 Å². The fourth-order valence-electron chi connectivity index (χ4n) is 0. The molecule has 0 rings (SSSR count). The maximum atomic E-state index is 8.48. The third kappa shape index (κ3) is 759000. The highest BCUT2D eigenvalue weighted by molar-refractivity contribution is 7.27. The lowest BCUT2D eigenvalue weighted by molar-refractivity contribution is -0.297. The Hall–Kier alpha value is 0.0400. The number of hydrogen-bond donors (Lipinski definition) is 0. The largest absolute Gasteiger partial charge is 1.00 e. The van der Waals surface area contributed by atoms with Gasteiger partial charge in [-0.25, -0.2) is 0 Å². The van der Waals surface area contributed by atoms with Gasteiger partial charge in [-0.2, -0.15) is 0 Å². The van der Waals surface area contributed by atoms with Gasteiger partial charge >= 0.3 is 2.85 Å². The molecule has 0 saturated carbocycles. The lowest BCUT2D eigenvalue weighted by Crippen LogP contribution is -1.97. The fraction of sp³-hybridized carbons (Fsp3) is 1.00.